The molecule has 5 nitrogen and oxygen atoms in total. The zero-order valence-electron chi connectivity index (χ0n) is 14.2. The Hall–Kier alpha value is -0.710. The van der Waals surface area contributed by atoms with Crippen LogP contribution >= 0.6 is 7.82 Å². The maximum absolute atomic E-state index is 12.2. The lowest BCUT2D eigenvalue weighted by Crippen LogP contribution is -2.45. The third-order valence-corrected chi connectivity index (χ3v) is 5.79. The Balaban J connectivity index is 1.97. The number of phosphoric ester groups is 1. The molecule has 0 bridgehead atoms. The van der Waals surface area contributed by atoms with E-state index in [0.29, 0.717) is 11.8 Å². The van der Waals surface area contributed by atoms with E-state index in [9.17, 15) is 9.46 Å². The number of benzene rings is 1. The molecule has 6 heteroatoms. The molecule has 6 atom stereocenters. The first-order chi connectivity index (χ1) is 10.8. The number of hydrogen-bond donors (Lipinski definition) is 1. The number of ether oxygens (including phenoxy) is 1. The van der Waals surface area contributed by atoms with E-state index in [0.717, 1.165) is 12.0 Å². The molecule has 3 unspecified atom stereocenters. The summed E-state index contributed by atoms with van der Waals surface area (Å²) in [6, 6.07) is 9.24. The summed E-state index contributed by atoms with van der Waals surface area (Å²) >= 11 is 0. The van der Waals surface area contributed by atoms with Gasteiger partial charge in [-0.25, -0.2) is 4.57 Å². The van der Waals surface area contributed by atoms with Crippen molar-refractivity contribution in [3.63, 3.8) is 0 Å². The minimum atomic E-state index is -4.17. The molecule has 0 radical (unpaired) electrons. The van der Waals surface area contributed by atoms with Gasteiger partial charge in [-0.1, -0.05) is 58.0 Å². The highest BCUT2D eigenvalue weighted by molar-refractivity contribution is 7.47. The van der Waals surface area contributed by atoms with Crippen LogP contribution in [0.15, 0.2) is 30.3 Å². The van der Waals surface area contributed by atoms with Crippen molar-refractivity contribution in [2.75, 3.05) is 0 Å². The Kier molecular flexibility index (Phi) is 6.40. The van der Waals surface area contributed by atoms with Crippen LogP contribution in [0.3, 0.4) is 0 Å². The molecule has 0 aromatic heterocycles. The number of phosphoric acid groups is 1. The van der Waals surface area contributed by atoms with Crippen LogP contribution in [0.5, 0.6) is 0 Å². The molecule has 1 aliphatic heterocycles. The third kappa shape index (κ3) is 4.88. The molecule has 0 aliphatic carbocycles. The fourth-order valence-electron chi connectivity index (χ4n) is 2.97. The monoisotopic (exact) mass is 342 g/mol. The zero-order valence-corrected chi connectivity index (χ0v) is 15.1. The van der Waals surface area contributed by atoms with E-state index < -0.39 is 14.1 Å². The van der Waals surface area contributed by atoms with Crippen molar-refractivity contribution in [1.29, 1.82) is 0 Å². The Morgan fingerprint density at radius 3 is 2.39 bits per heavy atom. The van der Waals surface area contributed by atoms with Gasteiger partial charge < -0.3 is 9.63 Å². The molecule has 1 aliphatic rings. The first kappa shape index (κ1) is 18.6. The van der Waals surface area contributed by atoms with Crippen molar-refractivity contribution in [2.45, 2.75) is 53.1 Å². The van der Waals surface area contributed by atoms with Crippen molar-refractivity contribution < 1.29 is 23.2 Å². The van der Waals surface area contributed by atoms with E-state index in [1.165, 1.54) is 0 Å². The van der Waals surface area contributed by atoms with Crippen LogP contribution in [-0.2, 0) is 25.0 Å². The first-order valence-electron chi connectivity index (χ1n) is 8.19. The Morgan fingerprint density at radius 1 is 1.13 bits per heavy atom. The smallest absolute Gasteiger partial charge is 0.348 e. The second-order valence-electron chi connectivity index (χ2n) is 6.36. The van der Waals surface area contributed by atoms with Crippen LogP contribution in [0.2, 0.25) is 0 Å². The molecular formula is C17H27O5P. The standard InChI is InChI=1S/C17H27O5P/c1-5-16-13(3)12(2)14(4)17(21-16)22-23(18,19)20-11-15-9-7-6-8-10-15/h6-10,12-14,16-17H,5,11H2,1-4H3,(H,18,19)/t12-,13-,14?,16?,17+/m0/s1. The van der Waals surface area contributed by atoms with Crippen LogP contribution in [0, 0.1) is 17.8 Å². The molecule has 130 valence electrons. The minimum Gasteiger partial charge on any atom is -0.348 e. The number of hydrogen-bond acceptors (Lipinski definition) is 4. The number of rotatable bonds is 6. The van der Waals surface area contributed by atoms with Gasteiger partial charge in [0.05, 0.1) is 12.7 Å². The highest BCUT2D eigenvalue weighted by Crippen LogP contribution is 2.49. The molecule has 2 rings (SSSR count). The van der Waals surface area contributed by atoms with Crippen molar-refractivity contribution in [3.8, 4) is 0 Å². The van der Waals surface area contributed by atoms with E-state index in [4.69, 9.17) is 13.8 Å². The average Bonchev–Trinajstić information content (AvgIpc) is 2.54. The van der Waals surface area contributed by atoms with E-state index in [-0.39, 0.29) is 18.6 Å². The topological polar surface area (TPSA) is 65.0 Å². The fraction of sp³-hybridized carbons (Fsp3) is 0.647. The van der Waals surface area contributed by atoms with Gasteiger partial charge in [0.2, 0.25) is 0 Å². The van der Waals surface area contributed by atoms with Gasteiger partial charge in [-0.05, 0) is 23.8 Å². The molecule has 1 aromatic carbocycles. The summed E-state index contributed by atoms with van der Waals surface area (Å²) < 4.78 is 28.5. The molecule has 23 heavy (non-hydrogen) atoms. The molecule has 1 saturated heterocycles. The van der Waals surface area contributed by atoms with Crippen molar-refractivity contribution in [2.24, 2.45) is 17.8 Å². The second-order valence-corrected chi connectivity index (χ2v) is 7.77. The average molecular weight is 342 g/mol. The lowest BCUT2D eigenvalue weighted by Gasteiger charge is -2.43. The Labute approximate surface area is 138 Å². The van der Waals surface area contributed by atoms with Gasteiger partial charge in [0.1, 0.15) is 0 Å². The van der Waals surface area contributed by atoms with Crippen LogP contribution in [-0.4, -0.2) is 17.3 Å². The maximum atomic E-state index is 12.2. The van der Waals surface area contributed by atoms with Crippen LogP contribution in [0.1, 0.15) is 39.7 Å². The van der Waals surface area contributed by atoms with Gasteiger partial charge in [0.25, 0.3) is 0 Å². The van der Waals surface area contributed by atoms with E-state index in [1.54, 1.807) is 0 Å². The van der Waals surface area contributed by atoms with Crippen LogP contribution in [0.25, 0.3) is 0 Å². The normalized spacial score (nSPS) is 34.0. The summed E-state index contributed by atoms with van der Waals surface area (Å²) in [7, 11) is -4.17. The predicted molar refractivity (Wildman–Crippen MR) is 88.6 cm³/mol. The van der Waals surface area contributed by atoms with Crippen LogP contribution < -0.4 is 0 Å². The van der Waals surface area contributed by atoms with E-state index >= 15 is 0 Å². The summed E-state index contributed by atoms with van der Waals surface area (Å²) in [5, 5.41) is 0. The van der Waals surface area contributed by atoms with Gasteiger partial charge in [0.15, 0.2) is 6.29 Å². The first-order valence-corrected chi connectivity index (χ1v) is 9.68. The summed E-state index contributed by atoms with van der Waals surface area (Å²) in [4.78, 5) is 9.99. The van der Waals surface area contributed by atoms with Crippen molar-refractivity contribution in [1.82, 2.24) is 0 Å². The molecule has 0 saturated carbocycles. The Morgan fingerprint density at radius 2 is 1.78 bits per heavy atom. The van der Waals surface area contributed by atoms with E-state index in [2.05, 4.69) is 13.8 Å². The molecular weight excluding hydrogens is 315 g/mol. The summed E-state index contributed by atoms with van der Waals surface area (Å²) in [5.74, 6) is 0.750. The van der Waals surface area contributed by atoms with Gasteiger partial charge in [-0.2, -0.15) is 0 Å². The zero-order chi connectivity index (χ0) is 17.0. The molecule has 0 spiro atoms. The fourth-order valence-corrected chi connectivity index (χ4v) is 3.84. The molecule has 0 amide bonds. The van der Waals surface area contributed by atoms with Crippen molar-refractivity contribution >= 4 is 7.82 Å². The quantitative estimate of drug-likeness (QED) is 0.778. The molecule has 1 aromatic rings. The highest BCUT2D eigenvalue weighted by Gasteiger charge is 2.42. The summed E-state index contributed by atoms with van der Waals surface area (Å²) in [5.41, 5.74) is 0.816. The Bertz CT molecular complexity index is 533. The van der Waals surface area contributed by atoms with Crippen molar-refractivity contribution in [3.05, 3.63) is 35.9 Å². The second kappa shape index (κ2) is 7.91. The van der Waals surface area contributed by atoms with Gasteiger partial charge in [-0.3, -0.25) is 9.05 Å². The lowest BCUT2D eigenvalue weighted by atomic mass is 9.78. The predicted octanol–water partition coefficient (Wildman–Crippen LogP) is 4.36. The van der Waals surface area contributed by atoms with Crippen LogP contribution in [0.4, 0.5) is 0 Å². The van der Waals surface area contributed by atoms with Gasteiger partial charge >= 0.3 is 7.82 Å². The third-order valence-electron chi connectivity index (χ3n) is 4.86. The summed E-state index contributed by atoms with van der Waals surface area (Å²) in [6.07, 6.45) is 0.150. The molecule has 1 N–H and O–H groups in total. The highest BCUT2D eigenvalue weighted by atomic mass is 31.2. The summed E-state index contributed by atoms with van der Waals surface area (Å²) in [6.45, 7) is 8.33. The largest absolute Gasteiger partial charge is 0.474 e. The molecule has 1 fully saturated rings. The van der Waals surface area contributed by atoms with Gasteiger partial charge in [0, 0.05) is 5.92 Å². The van der Waals surface area contributed by atoms with E-state index in [1.807, 2.05) is 44.2 Å². The van der Waals surface area contributed by atoms with Gasteiger partial charge in [-0.15, -0.1) is 0 Å². The minimum absolute atomic E-state index is 0.0219. The molecule has 1 heterocycles. The SMILES string of the molecule is CCC1O[C@H](OP(=O)(O)OCc2ccccc2)C(C)[C@@H](C)[C@@H]1C. The lowest BCUT2D eigenvalue weighted by molar-refractivity contribution is -0.218. The maximum Gasteiger partial charge on any atom is 0.474 e.